The molecule has 0 bridgehead atoms. The van der Waals surface area contributed by atoms with Crippen molar-refractivity contribution in [3.05, 3.63) is 54.1 Å². The van der Waals surface area contributed by atoms with E-state index in [-0.39, 0.29) is 4.90 Å². The van der Waals surface area contributed by atoms with Crippen molar-refractivity contribution in [2.75, 3.05) is 12.3 Å². The molecule has 112 valence electrons. The Hall–Kier alpha value is -2.05. The van der Waals surface area contributed by atoms with Crippen LogP contribution in [0, 0.1) is 0 Å². The fourth-order valence-corrected chi connectivity index (χ4v) is 2.45. The summed E-state index contributed by atoms with van der Waals surface area (Å²) in [5.74, 6) is 0.342. The van der Waals surface area contributed by atoms with Gasteiger partial charge in [-0.05, 0) is 30.5 Å². The molecular formula is C15H18N2O3S. The summed E-state index contributed by atoms with van der Waals surface area (Å²) >= 11 is 0. The first-order valence-corrected chi connectivity index (χ1v) is 8.10. The topological polar surface area (TPSA) is 95.4 Å². The van der Waals surface area contributed by atoms with Gasteiger partial charge in [0.2, 0.25) is 10.0 Å². The summed E-state index contributed by atoms with van der Waals surface area (Å²) in [7, 11) is -3.75. The number of aryl methyl sites for hydroxylation is 1. The average molecular weight is 306 g/mol. The second kappa shape index (κ2) is 6.60. The van der Waals surface area contributed by atoms with Crippen molar-refractivity contribution in [1.29, 1.82) is 0 Å². The second-order valence-corrected chi connectivity index (χ2v) is 6.24. The van der Waals surface area contributed by atoms with Gasteiger partial charge in [-0.3, -0.25) is 0 Å². The fourth-order valence-electron chi connectivity index (χ4n) is 1.92. The Morgan fingerprint density at radius 1 is 1.05 bits per heavy atom. The molecule has 0 aromatic heterocycles. The summed E-state index contributed by atoms with van der Waals surface area (Å²) in [6, 6.07) is 14.2. The molecule has 0 aliphatic rings. The Bertz CT molecular complexity index is 700. The van der Waals surface area contributed by atoms with E-state index in [1.165, 1.54) is 23.8 Å². The first-order valence-electron chi connectivity index (χ1n) is 6.56. The molecule has 0 aliphatic carbocycles. The van der Waals surface area contributed by atoms with Crippen LogP contribution in [0.1, 0.15) is 12.0 Å². The highest BCUT2D eigenvalue weighted by molar-refractivity contribution is 7.89. The van der Waals surface area contributed by atoms with Gasteiger partial charge in [-0.1, -0.05) is 30.3 Å². The first kappa shape index (κ1) is 15.3. The summed E-state index contributed by atoms with van der Waals surface area (Å²) in [4.78, 5) is -0.00485. The molecule has 0 heterocycles. The van der Waals surface area contributed by atoms with Crippen LogP contribution in [-0.2, 0) is 16.4 Å². The zero-order valence-electron chi connectivity index (χ0n) is 11.5. The zero-order valence-corrected chi connectivity index (χ0v) is 12.3. The maximum atomic E-state index is 11.3. The third-order valence-electron chi connectivity index (χ3n) is 3.02. The molecule has 21 heavy (non-hydrogen) atoms. The largest absolute Gasteiger partial charge is 0.491 e. The lowest BCUT2D eigenvalue weighted by Gasteiger charge is -2.10. The maximum Gasteiger partial charge on any atom is 0.238 e. The molecule has 0 saturated carbocycles. The van der Waals surface area contributed by atoms with Gasteiger partial charge in [-0.25, -0.2) is 13.6 Å². The molecule has 2 aromatic carbocycles. The van der Waals surface area contributed by atoms with Crippen LogP contribution in [0.25, 0.3) is 0 Å². The second-order valence-electron chi connectivity index (χ2n) is 4.68. The summed E-state index contributed by atoms with van der Waals surface area (Å²) in [5.41, 5.74) is 7.39. The number of rotatable bonds is 6. The third kappa shape index (κ3) is 4.47. The number of ether oxygens (including phenoxy) is 1. The van der Waals surface area contributed by atoms with Crippen molar-refractivity contribution in [1.82, 2.24) is 0 Å². The Morgan fingerprint density at radius 3 is 2.43 bits per heavy atom. The SMILES string of the molecule is Nc1ccc(S(N)(=O)=O)cc1OCCCc1ccccc1. The molecule has 5 nitrogen and oxygen atoms in total. The van der Waals surface area contributed by atoms with Crippen LogP contribution < -0.4 is 15.6 Å². The molecule has 2 rings (SSSR count). The molecule has 0 saturated heterocycles. The molecule has 4 N–H and O–H groups in total. The maximum absolute atomic E-state index is 11.3. The highest BCUT2D eigenvalue weighted by Gasteiger charge is 2.11. The van der Waals surface area contributed by atoms with Gasteiger partial charge in [0.1, 0.15) is 5.75 Å². The van der Waals surface area contributed by atoms with E-state index in [4.69, 9.17) is 15.6 Å². The average Bonchev–Trinajstić information content (AvgIpc) is 2.45. The fraction of sp³-hybridized carbons (Fsp3) is 0.200. The van der Waals surface area contributed by atoms with Crippen LogP contribution in [0.5, 0.6) is 5.75 Å². The van der Waals surface area contributed by atoms with E-state index >= 15 is 0 Å². The normalized spacial score (nSPS) is 11.3. The third-order valence-corrected chi connectivity index (χ3v) is 3.93. The van der Waals surface area contributed by atoms with Crippen molar-refractivity contribution < 1.29 is 13.2 Å². The molecule has 2 aromatic rings. The smallest absolute Gasteiger partial charge is 0.238 e. The van der Waals surface area contributed by atoms with Gasteiger partial charge in [-0.15, -0.1) is 0 Å². The van der Waals surface area contributed by atoms with Gasteiger partial charge in [0.15, 0.2) is 0 Å². The molecule has 0 unspecified atom stereocenters. The van der Waals surface area contributed by atoms with Gasteiger partial charge in [0, 0.05) is 6.07 Å². The minimum atomic E-state index is -3.75. The predicted molar refractivity (Wildman–Crippen MR) is 82.5 cm³/mol. The Morgan fingerprint density at radius 2 is 1.76 bits per heavy atom. The number of sulfonamides is 1. The summed E-state index contributed by atoms with van der Waals surface area (Å²) < 4.78 is 28.1. The van der Waals surface area contributed by atoms with Crippen molar-refractivity contribution >= 4 is 15.7 Å². The van der Waals surface area contributed by atoms with Crippen LogP contribution in [0.15, 0.2) is 53.4 Å². The Labute approximate surface area is 124 Å². The molecule has 0 atom stereocenters. The van der Waals surface area contributed by atoms with Gasteiger partial charge in [0.05, 0.1) is 17.2 Å². The van der Waals surface area contributed by atoms with E-state index in [0.29, 0.717) is 18.0 Å². The van der Waals surface area contributed by atoms with E-state index in [9.17, 15) is 8.42 Å². The highest BCUT2D eigenvalue weighted by Crippen LogP contribution is 2.24. The summed E-state index contributed by atoms with van der Waals surface area (Å²) in [6.07, 6.45) is 1.69. The molecule has 0 fully saturated rings. The lowest BCUT2D eigenvalue weighted by atomic mass is 10.1. The van der Waals surface area contributed by atoms with Crippen LogP contribution >= 0.6 is 0 Å². The minimum absolute atomic E-state index is 0.00485. The summed E-state index contributed by atoms with van der Waals surface area (Å²) in [6.45, 7) is 0.452. The van der Waals surface area contributed by atoms with Gasteiger partial charge >= 0.3 is 0 Å². The molecule has 0 radical (unpaired) electrons. The number of hydrogen-bond donors (Lipinski definition) is 2. The van der Waals surface area contributed by atoms with Crippen LogP contribution in [0.4, 0.5) is 5.69 Å². The number of nitrogens with two attached hydrogens (primary N) is 2. The van der Waals surface area contributed by atoms with Crippen LogP contribution in [0.3, 0.4) is 0 Å². The first-order chi connectivity index (χ1) is 9.97. The van der Waals surface area contributed by atoms with Gasteiger partial charge in [-0.2, -0.15) is 0 Å². The minimum Gasteiger partial charge on any atom is -0.491 e. The molecule has 0 amide bonds. The van der Waals surface area contributed by atoms with E-state index in [0.717, 1.165) is 12.8 Å². The number of primary sulfonamides is 1. The Balaban J connectivity index is 1.94. The van der Waals surface area contributed by atoms with Gasteiger partial charge < -0.3 is 10.5 Å². The van der Waals surface area contributed by atoms with Crippen molar-refractivity contribution in [3.63, 3.8) is 0 Å². The van der Waals surface area contributed by atoms with E-state index in [2.05, 4.69) is 12.1 Å². The number of nitrogen functional groups attached to an aromatic ring is 1. The molecular weight excluding hydrogens is 288 g/mol. The molecule has 0 aliphatic heterocycles. The molecule has 0 spiro atoms. The summed E-state index contributed by atoms with van der Waals surface area (Å²) in [5, 5.41) is 5.08. The standard InChI is InChI=1S/C15H18N2O3S/c16-14-9-8-13(21(17,18)19)11-15(14)20-10-4-7-12-5-2-1-3-6-12/h1-3,5-6,8-9,11H,4,7,10,16H2,(H2,17,18,19). The van der Waals surface area contributed by atoms with E-state index in [1.807, 2.05) is 18.2 Å². The predicted octanol–water partition coefficient (Wildman–Crippen LogP) is 1.93. The lowest BCUT2D eigenvalue weighted by molar-refractivity contribution is 0.312. The van der Waals surface area contributed by atoms with Crippen molar-refractivity contribution in [2.24, 2.45) is 5.14 Å². The number of hydrogen-bond acceptors (Lipinski definition) is 4. The Kier molecular flexibility index (Phi) is 4.82. The van der Waals surface area contributed by atoms with Crippen LogP contribution in [0.2, 0.25) is 0 Å². The molecule has 6 heteroatoms. The highest BCUT2D eigenvalue weighted by atomic mass is 32.2. The monoisotopic (exact) mass is 306 g/mol. The van der Waals surface area contributed by atoms with Gasteiger partial charge in [0.25, 0.3) is 0 Å². The quantitative estimate of drug-likeness (QED) is 0.629. The van der Waals surface area contributed by atoms with Crippen molar-refractivity contribution in [2.45, 2.75) is 17.7 Å². The van der Waals surface area contributed by atoms with Crippen LogP contribution in [-0.4, -0.2) is 15.0 Å². The van der Waals surface area contributed by atoms with Crippen molar-refractivity contribution in [3.8, 4) is 5.75 Å². The van der Waals surface area contributed by atoms with E-state index in [1.54, 1.807) is 0 Å². The number of anilines is 1. The van der Waals surface area contributed by atoms with E-state index < -0.39 is 10.0 Å². The lowest BCUT2D eigenvalue weighted by Crippen LogP contribution is -2.12. The number of benzene rings is 2. The zero-order chi connectivity index (χ0) is 15.3.